The quantitative estimate of drug-likeness (QED) is 0.680. The molecule has 1 aliphatic rings. The molecule has 1 N–H and O–H groups in total. The minimum atomic E-state index is -0.880. The van der Waals surface area contributed by atoms with Crippen LogP contribution >= 0.6 is 0 Å². The van der Waals surface area contributed by atoms with Crippen LogP contribution in [0.1, 0.15) is 45.3 Å². The number of carbonyl (C=O) groups excluding carboxylic acids is 2. The van der Waals surface area contributed by atoms with Crippen LogP contribution in [0.4, 0.5) is 0 Å². The highest BCUT2D eigenvalue weighted by molar-refractivity contribution is 5.97. The van der Waals surface area contributed by atoms with Crippen molar-refractivity contribution in [3.63, 3.8) is 0 Å². The van der Waals surface area contributed by atoms with Crippen molar-refractivity contribution in [1.29, 1.82) is 0 Å². The predicted molar refractivity (Wildman–Crippen MR) is 109 cm³/mol. The van der Waals surface area contributed by atoms with Crippen molar-refractivity contribution in [1.82, 2.24) is 15.1 Å². The van der Waals surface area contributed by atoms with Crippen LogP contribution in [0.5, 0.6) is 0 Å². The fourth-order valence-electron chi connectivity index (χ4n) is 3.86. The standard InChI is InChI=1S/C23H23N3O3/c1-15-9-6-7-13-18(15)26-19-14-8-12-17(19)21(25-26)22(27)24-20(23(28)29-2)16-10-4-3-5-11-16/h3-7,9-11,13,20H,8,12,14H2,1-2H3,(H,24,27). The van der Waals surface area contributed by atoms with Gasteiger partial charge in [0.25, 0.3) is 5.91 Å². The Morgan fingerprint density at radius 2 is 1.79 bits per heavy atom. The molecule has 6 nitrogen and oxygen atoms in total. The topological polar surface area (TPSA) is 73.2 Å². The van der Waals surface area contributed by atoms with Gasteiger partial charge in [0.15, 0.2) is 11.7 Å². The number of methoxy groups -OCH3 is 1. The number of aromatic nitrogens is 2. The van der Waals surface area contributed by atoms with E-state index < -0.39 is 12.0 Å². The average Bonchev–Trinajstić information content (AvgIpc) is 3.35. The minimum absolute atomic E-state index is 0.366. The molecule has 0 spiro atoms. The molecule has 1 amide bonds. The number of nitrogens with one attached hydrogen (secondary N) is 1. The van der Waals surface area contributed by atoms with Crippen LogP contribution < -0.4 is 5.32 Å². The first-order valence-corrected chi connectivity index (χ1v) is 9.70. The van der Waals surface area contributed by atoms with Crippen LogP contribution in [0, 0.1) is 6.92 Å². The molecule has 2 aromatic carbocycles. The van der Waals surface area contributed by atoms with Gasteiger partial charge in [-0.2, -0.15) is 5.10 Å². The molecule has 1 aromatic heterocycles. The van der Waals surface area contributed by atoms with Crippen molar-refractivity contribution in [3.05, 3.63) is 82.7 Å². The summed E-state index contributed by atoms with van der Waals surface area (Å²) >= 11 is 0. The SMILES string of the molecule is COC(=O)C(NC(=O)c1nn(-c2ccccc2C)c2c1CCC2)c1ccccc1. The zero-order valence-corrected chi connectivity index (χ0v) is 16.5. The van der Waals surface area contributed by atoms with E-state index in [0.29, 0.717) is 11.3 Å². The lowest BCUT2D eigenvalue weighted by Crippen LogP contribution is -2.35. The highest BCUT2D eigenvalue weighted by atomic mass is 16.5. The van der Waals surface area contributed by atoms with E-state index in [0.717, 1.165) is 41.8 Å². The van der Waals surface area contributed by atoms with Gasteiger partial charge in [-0.3, -0.25) is 4.79 Å². The molecule has 1 heterocycles. The van der Waals surface area contributed by atoms with E-state index in [4.69, 9.17) is 4.74 Å². The first kappa shape index (κ1) is 18.9. The molecule has 29 heavy (non-hydrogen) atoms. The van der Waals surface area contributed by atoms with E-state index in [1.807, 2.05) is 54.1 Å². The monoisotopic (exact) mass is 389 g/mol. The van der Waals surface area contributed by atoms with Crippen LogP contribution in [0.15, 0.2) is 54.6 Å². The third-order valence-electron chi connectivity index (χ3n) is 5.33. The number of hydrogen-bond donors (Lipinski definition) is 1. The Morgan fingerprint density at radius 3 is 2.52 bits per heavy atom. The number of hydrogen-bond acceptors (Lipinski definition) is 4. The molecule has 0 fully saturated rings. The smallest absolute Gasteiger partial charge is 0.333 e. The Balaban J connectivity index is 1.70. The van der Waals surface area contributed by atoms with Crippen molar-refractivity contribution >= 4 is 11.9 Å². The van der Waals surface area contributed by atoms with Crippen LogP contribution in [-0.4, -0.2) is 28.8 Å². The predicted octanol–water partition coefficient (Wildman–Crippen LogP) is 3.31. The molecule has 3 aromatic rings. The molecule has 0 saturated heterocycles. The molecule has 1 unspecified atom stereocenters. The molecular formula is C23H23N3O3. The largest absolute Gasteiger partial charge is 0.467 e. The zero-order chi connectivity index (χ0) is 20.4. The lowest BCUT2D eigenvalue weighted by molar-refractivity contribution is -0.143. The molecule has 0 bridgehead atoms. The van der Waals surface area contributed by atoms with E-state index in [9.17, 15) is 9.59 Å². The summed E-state index contributed by atoms with van der Waals surface area (Å²) < 4.78 is 6.78. The lowest BCUT2D eigenvalue weighted by atomic mass is 10.1. The maximum absolute atomic E-state index is 13.1. The first-order chi connectivity index (χ1) is 14.1. The number of benzene rings is 2. The van der Waals surface area contributed by atoms with Crippen LogP contribution in [0.2, 0.25) is 0 Å². The third-order valence-corrected chi connectivity index (χ3v) is 5.33. The Labute approximate surface area is 169 Å². The number of para-hydroxylation sites is 1. The van der Waals surface area contributed by atoms with Gasteiger partial charge in [-0.25, -0.2) is 9.48 Å². The van der Waals surface area contributed by atoms with E-state index in [1.54, 1.807) is 12.1 Å². The highest BCUT2D eigenvalue weighted by Gasteiger charge is 2.30. The number of esters is 1. The number of fused-ring (bicyclic) bond motifs is 1. The van der Waals surface area contributed by atoms with Gasteiger partial charge >= 0.3 is 5.97 Å². The van der Waals surface area contributed by atoms with Gasteiger partial charge in [-0.15, -0.1) is 0 Å². The fourth-order valence-corrected chi connectivity index (χ4v) is 3.86. The van der Waals surface area contributed by atoms with Gasteiger partial charge in [0, 0.05) is 11.3 Å². The van der Waals surface area contributed by atoms with E-state index in [-0.39, 0.29) is 5.91 Å². The lowest BCUT2D eigenvalue weighted by Gasteiger charge is -2.16. The van der Waals surface area contributed by atoms with Crippen molar-refractivity contribution in [3.8, 4) is 5.69 Å². The summed E-state index contributed by atoms with van der Waals surface area (Å²) in [5, 5.41) is 7.47. The summed E-state index contributed by atoms with van der Waals surface area (Å²) in [4.78, 5) is 25.5. The van der Waals surface area contributed by atoms with E-state index in [2.05, 4.69) is 10.4 Å². The van der Waals surface area contributed by atoms with Gasteiger partial charge in [0.1, 0.15) is 0 Å². The molecule has 6 heteroatoms. The molecule has 0 aliphatic heterocycles. The number of aryl methyl sites for hydroxylation is 1. The second-order valence-corrected chi connectivity index (χ2v) is 7.17. The van der Waals surface area contributed by atoms with Gasteiger partial charge in [-0.1, -0.05) is 48.5 Å². The summed E-state index contributed by atoms with van der Waals surface area (Å²) in [5.41, 5.74) is 5.14. The number of carbonyl (C=O) groups is 2. The second-order valence-electron chi connectivity index (χ2n) is 7.17. The number of amides is 1. The Bertz CT molecular complexity index is 1060. The van der Waals surface area contributed by atoms with Crippen molar-refractivity contribution in [2.75, 3.05) is 7.11 Å². The average molecular weight is 389 g/mol. The minimum Gasteiger partial charge on any atom is -0.467 e. The van der Waals surface area contributed by atoms with Crippen LogP contribution in [0.25, 0.3) is 5.69 Å². The van der Waals surface area contributed by atoms with Crippen molar-refractivity contribution < 1.29 is 14.3 Å². The molecule has 1 atom stereocenters. The molecule has 0 radical (unpaired) electrons. The molecular weight excluding hydrogens is 366 g/mol. The fraction of sp³-hybridized carbons (Fsp3) is 0.261. The molecule has 0 saturated carbocycles. The Morgan fingerprint density at radius 1 is 1.07 bits per heavy atom. The van der Waals surface area contributed by atoms with E-state index >= 15 is 0 Å². The van der Waals surface area contributed by atoms with Crippen molar-refractivity contribution in [2.45, 2.75) is 32.2 Å². The zero-order valence-electron chi connectivity index (χ0n) is 16.5. The number of ether oxygens (including phenoxy) is 1. The van der Waals surface area contributed by atoms with Crippen LogP contribution in [0.3, 0.4) is 0 Å². The van der Waals surface area contributed by atoms with Crippen molar-refractivity contribution in [2.24, 2.45) is 0 Å². The highest BCUT2D eigenvalue weighted by Crippen LogP contribution is 2.29. The maximum atomic E-state index is 13.1. The summed E-state index contributed by atoms with van der Waals surface area (Å²) in [6.07, 6.45) is 2.67. The summed E-state index contributed by atoms with van der Waals surface area (Å²) in [6, 6.07) is 16.2. The Kier molecular flexibility index (Phi) is 5.16. The summed E-state index contributed by atoms with van der Waals surface area (Å²) in [7, 11) is 1.31. The normalized spacial score (nSPS) is 13.6. The summed E-state index contributed by atoms with van der Waals surface area (Å²) in [6.45, 7) is 2.03. The Hall–Kier alpha value is -3.41. The second kappa shape index (κ2) is 7.91. The van der Waals surface area contributed by atoms with Gasteiger partial charge in [-0.05, 0) is 43.4 Å². The number of rotatable bonds is 5. The molecule has 4 rings (SSSR count). The maximum Gasteiger partial charge on any atom is 0.333 e. The third kappa shape index (κ3) is 3.53. The van der Waals surface area contributed by atoms with Gasteiger partial charge in [0.2, 0.25) is 0 Å². The van der Waals surface area contributed by atoms with Crippen LogP contribution in [-0.2, 0) is 22.4 Å². The van der Waals surface area contributed by atoms with Gasteiger partial charge in [0.05, 0.1) is 12.8 Å². The molecule has 148 valence electrons. The van der Waals surface area contributed by atoms with Gasteiger partial charge < -0.3 is 10.1 Å². The molecule has 1 aliphatic carbocycles. The van der Waals surface area contributed by atoms with E-state index in [1.165, 1.54) is 7.11 Å². The number of nitrogens with zero attached hydrogens (tertiary/aromatic N) is 2. The first-order valence-electron chi connectivity index (χ1n) is 9.70. The summed E-state index contributed by atoms with van der Waals surface area (Å²) in [5.74, 6) is -0.880.